The van der Waals surface area contributed by atoms with Crippen LogP contribution in [0.5, 0.6) is 0 Å². The lowest BCUT2D eigenvalue weighted by Gasteiger charge is -2.36. The van der Waals surface area contributed by atoms with E-state index in [2.05, 4.69) is 53.5 Å². The molecule has 0 bridgehead atoms. The average molecular weight is 287 g/mol. The largest absolute Gasteiger partial charge is 0.310 e. The first-order valence-electron chi connectivity index (χ1n) is 8.41. The van der Waals surface area contributed by atoms with Gasteiger partial charge in [0.05, 0.1) is 0 Å². The summed E-state index contributed by atoms with van der Waals surface area (Å²) in [6.45, 7) is 4.55. The fourth-order valence-electron chi connectivity index (χ4n) is 3.30. The number of benzene rings is 1. The zero-order chi connectivity index (χ0) is 14.7. The molecular formula is C18H29N3. The van der Waals surface area contributed by atoms with Gasteiger partial charge in [-0.15, -0.1) is 0 Å². The molecule has 1 heterocycles. The molecular weight excluding hydrogens is 258 g/mol. The monoisotopic (exact) mass is 287 g/mol. The minimum atomic E-state index is 0.706. The number of nitrogens with zero attached hydrogens (tertiary/aromatic N) is 2. The van der Waals surface area contributed by atoms with Crippen LogP contribution in [0, 0.1) is 0 Å². The molecule has 1 saturated carbocycles. The van der Waals surface area contributed by atoms with Crippen LogP contribution in [0.25, 0.3) is 0 Å². The minimum absolute atomic E-state index is 0.706. The summed E-state index contributed by atoms with van der Waals surface area (Å²) >= 11 is 0. The van der Waals surface area contributed by atoms with Crippen LogP contribution in [0.2, 0.25) is 0 Å². The van der Waals surface area contributed by atoms with Crippen LogP contribution in [-0.4, -0.2) is 49.1 Å². The Hall–Kier alpha value is -0.900. The van der Waals surface area contributed by atoms with Gasteiger partial charge in [-0.2, -0.15) is 0 Å². The molecule has 0 radical (unpaired) electrons. The highest BCUT2D eigenvalue weighted by Crippen LogP contribution is 2.20. The molecule has 0 aromatic heterocycles. The Morgan fingerprint density at radius 3 is 2.81 bits per heavy atom. The van der Waals surface area contributed by atoms with Gasteiger partial charge >= 0.3 is 0 Å². The van der Waals surface area contributed by atoms with Crippen molar-refractivity contribution in [1.29, 1.82) is 0 Å². The summed E-state index contributed by atoms with van der Waals surface area (Å²) < 4.78 is 0. The Balaban J connectivity index is 1.54. The number of likely N-dealkylation sites (tertiary alicyclic amines) is 1. The molecule has 1 aromatic rings. The second-order valence-corrected chi connectivity index (χ2v) is 6.95. The maximum absolute atomic E-state index is 3.60. The molecule has 1 aromatic carbocycles. The molecule has 3 heteroatoms. The second kappa shape index (κ2) is 6.91. The Bertz CT molecular complexity index is 456. The summed E-state index contributed by atoms with van der Waals surface area (Å²) in [4.78, 5) is 4.99. The van der Waals surface area contributed by atoms with Crippen LogP contribution < -0.4 is 5.32 Å². The van der Waals surface area contributed by atoms with Crippen molar-refractivity contribution < 1.29 is 0 Å². The van der Waals surface area contributed by atoms with Crippen LogP contribution >= 0.6 is 0 Å². The third-order valence-electron chi connectivity index (χ3n) is 4.82. The molecule has 1 atom stereocenters. The van der Waals surface area contributed by atoms with Gasteiger partial charge in [0.15, 0.2) is 0 Å². The summed E-state index contributed by atoms with van der Waals surface area (Å²) in [7, 11) is 4.52. The zero-order valence-corrected chi connectivity index (χ0v) is 13.5. The SMILES string of the molecule is CN1CCCC(N(C)Cc2cccc(CNC3CC3)c2)C1. The van der Waals surface area contributed by atoms with Gasteiger partial charge in [-0.3, -0.25) is 4.90 Å². The van der Waals surface area contributed by atoms with Gasteiger partial charge in [0.1, 0.15) is 0 Å². The molecule has 3 rings (SSSR count). The third-order valence-corrected chi connectivity index (χ3v) is 4.82. The predicted octanol–water partition coefficient (Wildman–Crippen LogP) is 2.46. The number of likely N-dealkylation sites (N-methyl/N-ethyl adjacent to an activating group) is 2. The van der Waals surface area contributed by atoms with Gasteiger partial charge in [0.2, 0.25) is 0 Å². The van der Waals surface area contributed by atoms with Gasteiger partial charge in [-0.05, 0) is 57.5 Å². The lowest BCUT2D eigenvalue weighted by molar-refractivity contribution is 0.129. The Kier molecular flexibility index (Phi) is 4.94. The van der Waals surface area contributed by atoms with Crippen LogP contribution in [0.15, 0.2) is 24.3 Å². The molecule has 2 aliphatic rings. The van der Waals surface area contributed by atoms with E-state index >= 15 is 0 Å². The molecule has 1 saturated heterocycles. The van der Waals surface area contributed by atoms with E-state index in [0.717, 1.165) is 19.1 Å². The first-order chi connectivity index (χ1) is 10.2. The summed E-state index contributed by atoms with van der Waals surface area (Å²) in [5, 5.41) is 3.60. The standard InChI is InChI=1S/C18H29N3/c1-20-10-4-7-18(14-20)21(2)13-16-6-3-5-15(11-16)12-19-17-8-9-17/h3,5-6,11,17-19H,4,7-10,12-14H2,1-2H3. The molecule has 1 unspecified atom stereocenters. The van der Waals surface area contributed by atoms with Crippen LogP contribution in [0.3, 0.4) is 0 Å². The predicted molar refractivity (Wildman–Crippen MR) is 88.3 cm³/mol. The first kappa shape index (κ1) is 15.0. The Morgan fingerprint density at radius 2 is 2.05 bits per heavy atom. The molecule has 116 valence electrons. The average Bonchev–Trinajstić information content (AvgIpc) is 3.30. The zero-order valence-electron chi connectivity index (χ0n) is 13.5. The number of piperidine rings is 1. The molecule has 1 aliphatic heterocycles. The summed E-state index contributed by atoms with van der Waals surface area (Å²) in [6.07, 6.45) is 5.38. The van der Waals surface area contributed by atoms with E-state index in [1.165, 1.54) is 49.9 Å². The number of rotatable bonds is 6. The quantitative estimate of drug-likeness (QED) is 0.867. The maximum atomic E-state index is 3.60. The molecule has 1 N–H and O–H groups in total. The first-order valence-corrected chi connectivity index (χ1v) is 8.41. The summed E-state index contributed by atoms with van der Waals surface area (Å²) in [6, 6.07) is 10.6. The van der Waals surface area contributed by atoms with Gasteiger partial charge in [-0.1, -0.05) is 24.3 Å². The van der Waals surface area contributed by atoms with E-state index in [-0.39, 0.29) is 0 Å². The van der Waals surface area contributed by atoms with Gasteiger partial charge in [-0.25, -0.2) is 0 Å². The Labute approximate surface area is 129 Å². The fraction of sp³-hybridized carbons (Fsp3) is 0.667. The lowest BCUT2D eigenvalue weighted by Crippen LogP contribution is -2.44. The maximum Gasteiger partial charge on any atom is 0.0234 e. The van der Waals surface area contributed by atoms with Gasteiger partial charge in [0, 0.05) is 31.7 Å². The molecule has 21 heavy (non-hydrogen) atoms. The van der Waals surface area contributed by atoms with E-state index in [4.69, 9.17) is 0 Å². The highest BCUT2D eigenvalue weighted by molar-refractivity contribution is 5.23. The third kappa shape index (κ3) is 4.53. The lowest BCUT2D eigenvalue weighted by atomic mass is 10.0. The van der Waals surface area contributed by atoms with Crippen molar-refractivity contribution in [3.05, 3.63) is 35.4 Å². The topological polar surface area (TPSA) is 18.5 Å². The van der Waals surface area contributed by atoms with Crippen molar-refractivity contribution in [1.82, 2.24) is 15.1 Å². The van der Waals surface area contributed by atoms with Crippen molar-refractivity contribution in [3.8, 4) is 0 Å². The van der Waals surface area contributed by atoms with Crippen molar-refractivity contribution in [3.63, 3.8) is 0 Å². The van der Waals surface area contributed by atoms with Crippen molar-refractivity contribution in [2.24, 2.45) is 0 Å². The molecule has 1 aliphatic carbocycles. The molecule has 3 nitrogen and oxygen atoms in total. The van der Waals surface area contributed by atoms with Crippen molar-refractivity contribution in [2.75, 3.05) is 27.2 Å². The van der Waals surface area contributed by atoms with E-state index in [1.807, 2.05) is 0 Å². The van der Waals surface area contributed by atoms with Crippen LogP contribution in [0.4, 0.5) is 0 Å². The van der Waals surface area contributed by atoms with E-state index in [0.29, 0.717) is 6.04 Å². The summed E-state index contributed by atoms with van der Waals surface area (Å²) in [5.74, 6) is 0. The van der Waals surface area contributed by atoms with Gasteiger partial charge in [0.25, 0.3) is 0 Å². The van der Waals surface area contributed by atoms with Crippen LogP contribution in [0.1, 0.15) is 36.8 Å². The van der Waals surface area contributed by atoms with Crippen molar-refractivity contribution >= 4 is 0 Å². The smallest absolute Gasteiger partial charge is 0.0234 e. The number of hydrogen-bond donors (Lipinski definition) is 1. The number of nitrogens with one attached hydrogen (secondary N) is 1. The van der Waals surface area contributed by atoms with E-state index in [9.17, 15) is 0 Å². The minimum Gasteiger partial charge on any atom is -0.310 e. The molecule has 0 spiro atoms. The highest BCUT2D eigenvalue weighted by Gasteiger charge is 2.21. The fourth-order valence-corrected chi connectivity index (χ4v) is 3.30. The normalized spacial score (nSPS) is 23.7. The van der Waals surface area contributed by atoms with E-state index < -0.39 is 0 Å². The Morgan fingerprint density at radius 1 is 1.24 bits per heavy atom. The van der Waals surface area contributed by atoms with Crippen LogP contribution in [-0.2, 0) is 13.1 Å². The second-order valence-electron chi connectivity index (χ2n) is 6.95. The molecule has 2 fully saturated rings. The van der Waals surface area contributed by atoms with E-state index in [1.54, 1.807) is 0 Å². The van der Waals surface area contributed by atoms with Gasteiger partial charge < -0.3 is 10.2 Å². The highest BCUT2D eigenvalue weighted by atomic mass is 15.2. The number of hydrogen-bond acceptors (Lipinski definition) is 3. The molecule has 0 amide bonds. The van der Waals surface area contributed by atoms with Crippen molar-refractivity contribution in [2.45, 2.75) is 50.9 Å². The summed E-state index contributed by atoms with van der Waals surface area (Å²) in [5.41, 5.74) is 2.87.